The summed E-state index contributed by atoms with van der Waals surface area (Å²) in [6.45, 7) is 17.5. The number of fused-ring (bicyclic) bond motifs is 3. The van der Waals surface area contributed by atoms with Crippen molar-refractivity contribution >= 4 is 34.2 Å². The number of aryl methyl sites for hydroxylation is 1. The number of morpholine rings is 1. The molecule has 3 fully saturated rings. The summed E-state index contributed by atoms with van der Waals surface area (Å²) in [7, 11) is 0.224. The highest BCUT2D eigenvalue weighted by molar-refractivity contribution is 7.84. The third kappa shape index (κ3) is 10.5. The summed E-state index contributed by atoms with van der Waals surface area (Å²) in [6.07, 6.45) is 12.5. The van der Waals surface area contributed by atoms with E-state index in [4.69, 9.17) is 25.8 Å². The predicted molar refractivity (Wildman–Crippen MR) is 225 cm³/mol. The van der Waals surface area contributed by atoms with E-state index in [9.17, 15) is 9.00 Å². The molecule has 2 bridgehead atoms. The van der Waals surface area contributed by atoms with Crippen molar-refractivity contribution in [2.24, 2.45) is 17.8 Å². The van der Waals surface area contributed by atoms with E-state index in [1.165, 1.54) is 36.8 Å². The topological polar surface area (TPSA) is 83.6 Å². The molecule has 0 spiro atoms. The number of amides is 1. The van der Waals surface area contributed by atoms with Gasteiger partial charge in [0.25, 0.3) is 5.91 Å². The lowest BCUT2D eigenvalue weighted by Crippen LogP contribution is -2.61. The van der Waals surface area contributed by atoms with Crippen LogP contribution in [0.5, 0.6) is 5.75 Å². The number of unbranched alkanes of at least 4 members (excludes halogenated alkanes) is 1. The Balaban J connectivity index is 0.000000794. The van der Waals surface area contributed by atoms with Crippen LogP contribution in [0.4, 0.5) is 5.69 Å². The van der Waals surface area contributed by atoms with Crippen molar-refractivity contribution in [3.63, 3.8) is 0 Å². The van der Waals surface area contributed by atoms with Crippen LogP contribution >= 0.6 is 11.6 Å². The van der Waals surface area contributed by atoms with Crippen molar-refractivity contribution in [3.05, 3.63) is 70.3 Å². The zero-order valence-corrected chi connectivity index (χ0v) is 35.4. The number of nitrogens with zero attached hydrogens (tertiary/aromatic N) is 3. The highest BCUT2D eigenvalue weighted by Crippen LogP contribution is 2.44. The maximum Gasteiger partial charge on any atom is 0.263 e. The molecule has 55 heavy (non-hydrogen) atoms. The molecule has 1 saturated carbocycles. The number of rotatable bonds is 7. The summed E-state index contributed by atoms with van der Waals surface area (Å²) in [4.78, 5) is 21.3. The van der Waals surface area contributed by atoms with E-state index in [0.29, 0.717) is 36.1 Å². The van der Waals surface area contributed by atoms with Crippen LogP contribution in [0.15, 0.2) is 48.6 Å². The second-order valence-corrected chi connectivity index (χ2v) is 18.3. The summed E-state index contributed by atoms with van der Waals surface area (Å²) in [5.74, 6) is 1.85. The number of carbonyl (C=O) groups excluding carboxylic acids is 1. The lowest BCUT2D eigenvalue weighted by molar-refractivity contribution is -0.0610. The van der Waals surface area contributed by atoms with Gasteiger partial charge in [-0.05, 0) is 98.2 Å². The van der Waals surface area contributed by atoms with Crippen LogP contribution in [0.2, 0.25) is 5.02 Å². The standard InChI is InChI=1S/C39H53ClN4O4S.C5H12O/c1-4-6-28-19-32(40)11-13-34(28)31-22-44-21-30-9-12-35(30)36(43-16-15-42-17-18-47-25-33(42)23-43)8-5-7-26(2)27(3)49(46)41-39(45)29-10-14-38(48-24-31)37(44)20-29;1-3-4-5-6-2/h5,8,10-11,13-14,19-20,26-27,30-31,33,35-36H,4,6-7,9,12,15-18,21-25H2,1-3H3,(H,41,45);3-5H2,1-2H3/b8-5+;. The molecule has 1 aliphatic carbocycles. The fraction of sp³-hybridized carbons (Fsp3) is 0.659. The van der Waals surface area contributed by atoms with Crippen molar-refractivity contribution in [2.45, 2.75) is 95.9 Å². The monoisotopic (exact) mass is 796 g/mol. The number of piperazine rings is 1. The van der Waals surface area contributed by atoms with E-state index in [-0.39, 0.29) is 23.0 Å². The second kappa shape index (κ2) is 20.3. The van der Waals surface area contributed by atoms with Crippen LogP contribution in [0, 0.1) is 17.8 Å². The molecular formula is C44H65ClN4O5S. The smallest absolute Gasteiger partial charge is 0.263 e. The van der Waals surface area contributed by atoms with Gasteiger partial charge in [0.2, 0.25) is 0 Å². The van der Waals surface area contributed by atoms with Gasteiger partial charge in [0.15, 0.2) is 0 Å². The highest BCUT2D eigenvalue weighted by Gasteiger charge is 2.43. The maximum atomic E-state index is 13.5. The third-order valence-electron chi connectivity index (χ3n) is 12.6. The van der Waals surface area contributed by atoms with Crippen molar-refractivity contribution in [1.29, 1.82) is 0 Å². The number of hydrogen-bond donors (Lipinski definition) is 1. The molecular weight excluding hydrogens is 732 g/mol. The van der Waals surface area contributed by atoms with E-state index in [1.54, 1.807) is 7.11 Å². The van der Waals surface area contributed by atoms with Gasteiger partial charge >= 0.3 is 0 Å². The number of hydrogen-bond acceptors (Lipinski definition) is 8. The fourth-order valence-electron chi connectivity index (χ4n) is 8.95. The SMILES string of the molecule is CCCCOC.CCCc1cc(Cl)ccc1C1COc2ccc3cc2N(C1)CC1CCC1C(N1CCN2CCOCC2C1)/C=C/CC(C)C(C)S(=O)NC3=O. The zero-order valence-electron chi connectivity index (χ0n) is 33.9. The van der Waals surface area contributed by atoms with Crippen LogP contribution in [-0.4, -0.2) is 110 Å². The van der Waals surface area contributed by atoms with E-state index in [2.05, 4.69) is 64.5 Å². The Morgan fingerprint density at radius 2 is 1.82 bits per heavy atom. The number of allylic oxidation sites excluding steroid dienone is 1. The van der Waals surface area contributed by atoms with Crippen molar-refractivity contribution < 1.29 is 23.2 Å². The molecule has 4 aliphatic heterocycles. The summed E-state index contributed by atoms with van der Waals surface area (Å²) < 4.78 is 33.5. The van der Waals surface area contributed by atoms with Crippen LogP contribution in [0.1, 0.15) is 93.6 Å². The van der Waals surface area contributed by atoms with E-state index >= 15 is 0 Å². The fourth-order valence-corrected chi connectivity index (χ4v) is 10.2. The van der Waals surface area contributed by atoms with Gasteiger partial charge in [0.05, 0.1) is 30.8 Å². The molecule has 8 atom stereocenters. The zero-order chi connectivity index (χ0) is 38.9. The molecule has 2 aromatic rings. The average molecular weight is 798 g/mol. The summed E-state index contributed by atoms with van der Waals surface area (Å²) >= 11 is 6.49. The molecule has 1 amide bonds. The van der Waals surface area contributed by atoms with Crippen LogP contribution < -0.4 is 14.4 Å². The van der Waals surface area contributed by atoms with Crippen molar-refractivity contribution in [1.82, 2.24) is 14.5 Å². The number of anilines is 1. The van der Waals surface area contributed by atoms with Crippen LogP contribution in [0.25, 0.3) is 0 Å². The Labute approximate surface area is 338 Å². The van der Waals surface area contributed by atoms with E-state index in [0.717, 1.165) is 94.8 Å². The third-order valence-corrected chi connectivity index (χ3v) is 14.4. The van der Waals surface area contributed by atoms with Crippen LogP contribution in [0.3, 0.4) is 0 Å². The number of ether oxygens (including phenoxy) is 3. The average Bonchev–Trinajstić information content (AvgIpc) is 3.36. The van der Waals surface area contributed by atoms with Crippen molar-refractivity contribution in [2.75, 3.05) is 77.7 Å². The first-order valence-corrected chi connectivity index (χ1v) is 22.5. The lowest BCUT2D eigenvalue weighted by atomic mass is 9.68. The Morgan fingerprint density at radius 3 is 2.56 bits per heavy atom. The van der Waals surface area contributed by atoms with Gasteiger partial charge < -0.3 is 19.1 Å². The molecule has 1 N–H and O–H groups in total. The van der Waals surface area contributed by atoms with Gasteiger partial charge in [-0.3, -0.25) is 19.3 Å². The highest BCUT2D eigenvalue weighted by atomic mass is 35.5. The number of nitrogens with one attached hydrogen (secondary N) is 1. The minimum Gasteiger partial charge on any atom is -0.491 e. The second-order valence-electron chi connectivity index (χ2n) is 16.4. The van der Waals surface area contributed by atoms with Gasteiger partial charge in [-0.15, -0.1) is 0 Å². The van der Waals surface area contributed by atoms with Crippen LogP contribution in [-0.2, 0) is 26.9 Å². The minimum atomic E-state index is -1.51. The molecule has 2 aromatic carbocycles. The Morgan fingerprint density at radius 1 is 0.982 bits per heavy atom. The quantitative estimate of drug-likeness (QED) is 0.228. The lowest BCUT2D eigenvalue weighted by Gasteiger charge is -2.51. The van der Waals surface area contributed by atoms with Gasteiger partial charge in [-0.2, -0.15) is 0 Å². The number of methoxy groups -OCH3 is 1. The first-order chi connectivity index (χ1) is 26.7. The van der Waals surface area contributed by atoms with Gasteiger partial charge in [-0.1, -0.05) is 63.4 Å². The number of benzene rings is 2. The van der Waals surface area contributed by atoms with Crippen molar-refractivity contribution in [3.8, 4) is 5.75 Å². The molecule has 0 radical (unpaired) electrons. The molecule has 9 nitrogen and oxygen atoms in total. The summed E-state index contributed by atoms with van der Waals surface area (Å²) in [5, 5.41) is 0.585. The molecule has 8 unspecified atom stereocenters. The molecule has 5 aliphatic rings. The normalized spacial score (nSPS) is 30.9. The molecule has 7 rings (SSSR count). The minimum absolute atomic E-state index is 0.150. The van der Waals surface area contributed by atoms with Gasteiger partial charge in [0, 0.05) is 81.6 Å². The van der Waals surface area contributed by atoms with Gasteiger partial charge in [0.1, 0.15) is 16.7 Å². The molecule has 2 saturated heterocycles. The largest absolute Gasteiger partial charge is 0.491 e. The Kier molecular flexibility index (Phi) is 15.5. The number of halogens is 1. The summed E-state index contributed by atoms with van der Waals surface area (Å²) in [6, 6.07) is 12.8. The Hall–Kier alpha value is -2.47. The molecule has 304 valence electrons. The number of carbonyl (C=O) groups is 1. The summed E-state index contributed by atoms with van der Waals surface area (Å²) in [5.41, 5.74) is 4.04. The molecule has 4 heterocycles. The maximum absolute atomic E-state index is 13.5. The first-order valence-electron chi connectivity index (χ1n) is 20.9. The molecule has 11 heteroatoms. The Bertz CT molecular complexity index is 1620. The molecule has 0 aromatic heterocycles. The predicted octanol–water partition coefficient (Wildman–Crippen LogP) is 7.50. The van der Waals surface area contributed by atoms with E-state index in [1.807, 2.05) is 31.2 Å². The van der Waals surface area contributed by atoms with E-state index < -0.39 is 11.0 Å². The first kappa shape index (κ1) is 42.1. The van der Waals surface area contributed by atoms with Gasteiger partial charge in [-0.25, -0.2) is 4.21 Å².